The number of hydrogen-bond donors (Lipinski definition) is 0. The van der Waals surface area contributed by atoms with Gasteiger partial charge in [-0.25, -0.2) is 9.18 Å². The van der Waals surface area contributed by atoms with Crippen LogP contribution in [0.25, 0.3) is 0 Å². The molecular formula is C25H31FN4O2S. The second kappa shape index (κ2) is 8.72. The standard InChI is InChI=1S/C25H31FN4O2S/c1-27(2)24(32)30-17-25(20-16-18(26)5-6-21(20)30)9-13-28(14-10-25)19-7-11-29(12-8-19)23(31)22-4-3-15-33-22/h3-6,15-16,19H,7-14,17H2,1-2H3. The number of carbonyl (C=O) groups excluding carboxylic acids is 2. The smallest absolute Gasteiger partial charge is 0.323 e. The molecular weight excluding hydrogens is 439 g/mol. The van der Waals surface area contributed by atoms with Crippen LogP contribution >= 0.6 is 11.3 Å². The number of nitrogens with zero attached hydrogens (tertiary/aromatic N) is 4. The zero-order valence-electron chi connectivity index (χ0n) is 19.3. The van der Waals surface area contributed by atoms with E-state index in [1.165, 1.54) is 17.4 Å². The number of halogens is 1. The van der Waals surface area contributed by atoms with Crippen molar-refractivity contribution in [1.82, 2.24) is 14.7 Å². The zero-order valence-corrected chi connectivity index (χ0v) is 20.1. The molecule has 5 rings (SSSR count). The summed E-state index contributed by atoms with van der Waals surface area (Å²) in [4.78, 5) is 34.2. The molecule has 1 spiro atoms. The van der Waals surface area contributed by atoms with Crippen LogP contribution in [0.4, 0.5) is 14.9 Å². The third kappa shape index (κ3) is 4.04. The predicted octanol–water partition coefficient (Wildman–Crippen LogP) is 4.03. The van der Waals surface area contributed by atoms with Crippen molar-refractivity contribution in [3.63, 3.8) is 0 Å². The van der Waals surface area contributed by atoms with E-state index in [0.29, 0.717) is 12.6 Å². The average molecular weight is 471 g/mol. The Kier molecular flexibility index (Phi) is 5.91. The molecule has 0 aliphatic carbocycles. The quantitative estimate of drug-likeness (QED) is 0.666. The first-order valence-corrected chi connectivity index (χ1v) is 12.6. The topological polar surface area (TPSA) is 47.1 Å². The number of rotatable bonds is 2. The van der Waals surface area contributed by atoms with E-state index in [1.807, 2.05) is 27.3 Å². The lowest BCUT2D eigenvalue weighted by Crippen LogP contribution is -2.52. The molecule has 4 heterocycles. The molecule has 0 atom stereocenters. The van der Waals surface area contributed by atoms with E-state index in [0.717, 1.165) is 68.0 Å². The molecule has 0 saturated carbocycles. The number of fused-ring (bicyclic) bond motifs is 2. The molecule has 3 aliphatic heterocycles. The van der Waals surface area contributed by atoms with Crippen molar-refractivity contribution in [2.75, 3.05) is 51.7 Å². The summed E-state index contributed by atoms with van der Waals surface area (Å²) in [5.41, 5.74) is 1.65. The van der Waals surface area contributed by atoms with Gasteiger partial charge in [0.15, 0.2) is 0 Å². The number of amides is 3. The van der Waals surface area contributed by atoms with Gasteiger partial charge in [0.05, 0.1) is 4.88 Å². The molecule has 1 aromatic carbocycles. The number of likely N-dealkylation sites (tertiary alicyclic amines) is 2. The summed E-state index contributed by atoms with van der Waals surface area (Å²) >= 11 is 1.50. The number of thiophene rings is 1. The second-order valence-corrected chi connectivity index (χ2v) is 10.7. The Morgan fingerprint density at radius 3 is 2.45 bits per heavy atom. The first kappa shape index (κ1) is 22.3. The third-order valence-corrected chi connectivity index (χ3v) is 8.51. The summed E-state index contributed by atoms with van der Waals surface area (Å²) < 4.78 is 14.2. The fourth-order valence-electron chi connectivity index (χ4n) is 5.79. The molecule has 8 heteroatoms. The van der Waals surface area contributed by atoms with Crippen LogP contribution in [0.5, 0.6) is 0 Å². The monoisotopic (exact) mass is 470 g/mol. The molecule has 176 valence electrons. The van der Waals surface area contributed by atoms with Crippen LogP contribution in [0.15, 0.2) is 35.7 Å². The Morgan fingerprint density at radius 2 is 1.82 bits per heavy atom. The fourth-order valence-corrected chi connectivity index (χ4v) is 6.48. The highest BCUT2D eigenvalue weighted by atomic mass is 32.1. The lowest BCUT2D eigenvalue weighted by atomic mass is 9.74. The van der Waals surface area contributed by atoms with Gasteiger partial charge in [-0.05, 0) is 74.0 Å². The molecule has 0 unspecified atom stereocenters. The molecule has 2 aromatic rings. The van der Waals surface area contributed by atoms with Crippen LogP contribution in [0, 0.1) is 5.82 Å². The lowest BCUT2D eigenvalue weighted by Gasteiger charge is -2.45. The van der Waals surface area contributed by atoms with E-state index in [-0.39, 0.29) is 23.2 Å². The van der Waals surface area contributed by atoms with E-state index < -0.39 is 0 Å². The number of urea groups is 1. The van der Waals surface area contributed by atoms with Gasteiger partial charge in [0.1, 0.15) is 5.82 Å². The molecule has 3 amide bonds. The highest BCUT2D eigenvalue weighted by Gasteiger charge is 2.47. The van der Waals surface area contributed by atoms with Crippen molar-refractivity contribution in [3.05, 3.63) is 52.0 Å². The summed E-state index contributed by atoms with van der Waals surface area (Å²) in [5, 5.41) is 1.95. The van der Waals surface area contributed by atoms with Crippen molar-refractivity contribution >= 4 is 29.0 Å². The molecule has 6 nitrogen and oxygen atoms in total. The van der Waals surface area contributed by atoms with Gasteiger partial charge >= 0.3 is 6.03 Å². The van der Waals surface area contributed by atoms with Crippen molar-refractivity contribution < 1.29 is 14.0 Å². The van der Waals surface area contributed by atoms with Gasteiger partial charge in [0.2, 0.25) is 0 Å². The molecule has 0 bridgehead atoms. The van der Waals surface area contributed by atoms with Gasteiger partial charge in [-0.15, -0.1) is 11.3 Å². The van der Waals surface area contributed by atoms with Gasteiger partial charge in [-0.1, -0.05) is 6.07 Å². The van der Waals surface area contributed by atoms with Crippen LogP contribution in [0.3, 0.4) is 0 Å². The number of hydrogen-bond acceptors (Lipinski definition) is 4. The van der Waals surface area contributed by atoms with Crippen molar-refractivity contribution in [2.24, 2.45) is 0 Å². The minimum atomic E-state index is -0.238. The Labute approximate surface area is 198 Å². The van der Waals surface area contributed by atoms with Crippen LogP contribution in [-0.4, -0.2) is 79.5 Å². The van der Waals surface area contributed by atoms with Crippen molar-refractivity contribution in [1.29, 1.82) is 0 Å². The average Bonchev–Trinajstić information content (AvgIpc) is 3.46. The van der Waals surface area contributed by atoms with Crippen LogP contribution < -0.4 is 4.90 Å². The normalized spacial score (nSPS) is 20.8. The Balaban J connectivity index is 1.24. The maximum absolute atomic E-state index is 14.2. The van der Waals surface area contributed by atoms with Crippen LogP contribution in [-0.2, 0) is 5.41 Å². The SMILES string of the molecule is CN(C)C(=O)N1CC2(CCN(C3CCN(C(=O)c4cccs4)CC3)CC2)c2cc(F)ccc21. The first-order valence-electron chi connectivity index (χ1n) is 11.7. The van der Waals surface area contributed by atoms with Crippen LogP contribution in [0.2, 0.25) is 0 Å². The maximum atomic E-state index is 14.2. The second-order valence-electron chi connectivity index (χ2n) is 9.74. The molecule has 2 fully saturated rings. The highest BCUT2D eigenvalue weighted by molar-refractivity contribution is 7.12. The summed E-state index contributed by atoms with van der Waals surface area (Å²) in [6.07, 6.45) is 3.80. The van der Waals surface area contributed by atoms with Gasteiger partial charge in [-0.2, -0.15) is 0 Å². The van der Waals surface area contributed by atoms with Gasteiger partial charge < -0.3 is 14.7 Å². The molecule has 2 saturated heterocycles. The first-order chi connectivity index (χ1) is 15.9. The van der Waals surface area contributed by atoms with Gasteiger partial charge in [-0.3, -0.25) is 9.69 Å². The lowest BCUT2D eigenvalue weighted by molar-refractivity contribution is 0.0534. The summed E-state index contributed by atoms with van der Waals surface area (Å²) in [7, 11) is 3.52. The molecule has 3 aliphatic rings. The number of benzene rings is 1. The van der Waals surface area contributed by atoms with Crippen molar-refractivity contribution in [2.45, 2.75) is 37.1 Å². The number of piperidine rings is 2. The number of carbonyl (C=O) groups is 2. The Hall–Kier alpha value is -2.45. The summed E-state index contributed by atoms with van der Waals surface area (Å²) in [5.74, 6) is -0.0891. The summed E-state index contributed by atoms with van der Waals surface area (Å²) in [6, 6.07) is 9.10. The van der Waals surface area contributed by atoms with Crippen LogP contribution in [0.1, 0.15) is 40.9 Å². The van der Waals surface area contributed by atoms with E-state index >= 15 is 0 Å². The van der Waals surface area contributed by atoms with Gasteiger partial charge in [0, 0.05) is 50.9 Å². The highest BCUT2D eigenvalue weighted by Crippen LogP contribution is 2.48. The Bertz CT molecular complexity index is 1030. The number of anilines is 1. The van der Waals surface area contributed by atoms with E-state index in [1.54, 1.807) is 31.1 Å². The molecule has 0 radical (unpaired) electrons. The Morgan fingerprint density at radius 1 is 1.09 bits per heavy atom. The molecule has 0 N–H and O–H groups in total. The predicted molar refractivity (Wildman–Crippen MR) is 129 cm³/mol. The van der Waals surface area contributed by atoms with Crippen molar-refractivity contribution in [3.8, 4) is 0 Å². The largest absolute Gasteiger partial charge is 0.338 e. The van der Waals surface area contributed by atoms with E-state index in [4.69, 9.17) is 0 Å². The van der Waals surface area contributed by atoms with Gasteiger partial charge in [0.25, 0.3) is 5.91 Å². The minimum Gasteiger partial charge on any atom is -0.338 e. The molecule has 33 heavy (non-hydrogen) atoms. The van der Waals surface area contributed by atoms with E-state index in [9.17, 15) is 14.0 Å². The maximum Gasteiger partial charge on any atom is 0.323 e. The minimum absolute atomic E-state index is 0.0510. The third-order valence-electron chi connectivity index (χ3n) is 7.65. The summed E-state index contributed by atoms with van der Waals surface area (Å²) in [6.45, 7) is 4.07. The zero-order chi connectivity index (χ0) is 23.2. The fraction of sp³-hybridized carbons (Fsp3) is 0.520. The molecule has 1 aromatic heterocycles. The van der Waals surface area contributed by atoms with E-state index in [2.05, 4.69) is 4.90 Å².